The fourth-order valence-corrected chi connectivity index (χ4v) is 5.39. The molecule has 0 bridgehead atoms. The number of piperidine rings is 1. The molecule has 33 heavy (non-hydrogen) atoms. The Bertz CT molecular complexity index is 1020. The Morgan fingerprint density at radius 2 is 1.85 bits per heavy atom. The van der Waals surface area contributed by atoms with E-state index in [-0.39, 0.29) is 17.0 Å². The molecule has 2 aliphatic heterocycles. The summed E-state index contributed by atoms with van der Waals surface area (Å²) in [4.78, 5) is 28.4. The minimum absolute atomic E-state index is 0.00816. The number of carbonyl (C=O) groups is 1. The number of amides is 1. The Morgan fingerprint density at radius 1 is 1.15 bits per heavy atom. The van der Waals surface area contributed by atoms with Crippen molar-refractivity contribution in [1.82, 2.24) is 25.2 Å². The summed E-state index contributed by atoms with van der Waals surface area (Å²) < 4.78 is 0. The second-order valence-electron chi connectivity index (χ2n) is 10.7. The van der Waals surface area contributed by atoms with Gasteiger partial charge in [0.15, 0.2) is 0 Å². The number of nitrogens with one attached hydrogen (secondary N) is 2. The van der Waals surface area contributed by atoms with Gasteiger partial charge in [-0.1, -0.05) is 11.6 Å². The molecule has 0 atom stereocenters. The molecule has 4 rings (SSSR count). The van der Waals surface area contributed by atoms with E-state index in [2.05, 4.69) is 60.4 Å². The van der Waals surface area contributed by atoms with E-state index in [1.54, 1.807) is 18.5 Å². The van der Waals surface area contributed by atoms with Crippen LogP contribution in [0.3, 0.4) is 0 Å². The topological polar surface area (TPSA) is 83.0 Å². The van der Waals surface area contributed by atoms with Crippen LogP contribution in [0.25, 0.3) is 0 Å². The number of hydrogen-bond donors (Lipinski definition) is 2. The van der Waals surface area contributed by atoms with Gasteiger partial charge in [0, 0.05) is 66.0 Å². The lowest BCUT2D eigenvalue weighted by Crippen LogP contribution is -2.54. The summed E-state index contributed by atoms with van der Waals surface area (Å²) in [7, 11) is 0. The molecule has 7 nitrogen and oxygen atoms in total. The molecule has 0 spiro atoms. The third kappa shape index (κ3) is 6.16. The van der Waals surface area contributed by atoms with Crippen LogP contribution >= 0.6 is 0 Å². The molecule has 176 valence electrons. The first-order valence-electron chi connectivity index (χ1n) is 11.9. The number of aryl methyl sites for hydroxylation is 1. The van der Waals surface area contributed by atoms with E-state index < -0.39 is 0 Å². The van der Waals surface area contributed by atoms with E-state index >= 15 is 0 Å². The average Bonchev–Trinajstić information content (AvgIpc) is 2.72. The maximum Gasteiger partial charge on any atom is 0.227 e. The Morgan fingerprint density at radius 3 is 2.52 bits per heavy atom. The first kappa shape index (κ1) is 23.4. The number of aromatic nitrogens is 3. The molecule has 2 N–H and O–H groups in total. The lowest BCUT2D eigenvalue weighted by Gasteiger charge is -2.41. The number of pyridine rings is 1. The Hall–Kier alpha value is -2.80. The molecule has 1 saturated heterocycles. The summed E-state index contributed by atoms with van der Waals surface area (Å²) in [5.74, 6) is 1.17. The summed E-state index contributed by atoms with van der Waals surface area (Å²) in [6.45, 7) is 12.3. The second kappa shape index (κ2) is 9.21. The smallest absolute Gasteiger partial charge is 0.227 e. The van der Waals surface area contributed by atoms with Crippen molar-refractivity contribution in [2.24, 2.45) is 0 Å². The number of hydrogen-bond acceptors (Lipinski definition) is 6. The van der Waals surface area contributed by atoms with Gasteiger partial charge in [-0.2, -0.15) is 0 Å². The highest BCUT2D eigenvalue weighted by molar-refractivity contribution is 5.79. The van der Waals surface area contributed by atoms with E-state index in [0.717, 1.165) is 49.4 Å². The molecule has 2 aliphatic rings. The normalized spacial score (nSPS) is 20.3. The predicted molar refractivity (Wildman–Crippen MR) is 131 cm³/mol. The van der Waals surface area contributed by atoms with Gasteiger partial charge in [-0.25, -0.2) is 9.97 Å². The lowest BCUT2D eigenvalue weighted by molar-refractivity contribution is -0.131. The summed E-state index contributed by atoms with van der Waals surface area (Å²) in [5.41, 5.74) is 4.16. The molecule has 0 radical (unpaired) electrons. The molecule has 0 aliphatic carbocycles. The van der Waals surface area contributed by atoms with E-state index in [0.29, 0.717) is 18.3 Å². The zero-order chi connectivity index (χ0) is 23.6. The molecular formula is C26H36N6O. The van der Waals surface area contributed by atoms with Crippen molar-refractivity contribution in [2.45, 2.75) is 77.3 Å². The maximum absolute atomic E-state index is 13.1. The van der Waals surface area contributed by atoms with E-state index in [1.807, 2.05) is 17.9 Å². The second-order valence-corrected chi connectivity index (χ2v) is 10.7. The van der Waals surface area contributed by atoms with Crippen molar-refractivity contribution in [3.05, 3.63) is 53.6 Å². The third-order valence-corrected chi connectivity index (χ3v) is 6.33. The van der Waals surface area contributed by atoms with Gasteiger partial charge in [0.05, 0.1) is 0 Å². The predicted octanol–water partition coefficient (Wildman–Crippen LogP) is 4.50. The van der Waals surface area contributed by atoms with E-state index in [4.69, 9.17) is 4.98 Å². The van der Waals surface area contributed by atoms with Crippen molar-refractivity contribution in [2.75, 3.05) is 18.4 Å². The highest BCUT2D eigenvalue weighted by Crippen LogP contribution is 2.32. The van der Waals surface area contributed by atoms with Crippen molar-refractivity contribution in [3.8, 4) is 0 Å². The summed E-state index contributed by atoms with van der Waals surface area (Å²) in [6, 6.07) is 5.90. The van der Waals surface area contributed by atoms with E-state index in [1.165, 1.54) is 5.57 Å². The first-order valence-corrected chi connectivity index (χ1v) is 11.9. The van der Waals surface area contributed by atoms with Gasteiger partial charge in [0.2, 0.25) is 11.9 Å². The van der Waals surface area contributed by atoms with Crippen LogP contribution in [0, 0.1) is 6.92 Å². The number of carbonyl (C=O) groups excluding carboxylic acids is 1. The lowest BCUT2D eigenvalue weighted by atomic mass is 9.82. The third-order valence-electron chi connectivity index (χ3n) is 6.33. The molecule has 1 fully saturated rings. The highest BCUT2D eigenvalue weighted by atomic mass is 16.2. The van der Waals surface area contributed by atoms with Gasteiger partial charge in [0.1, 0.15) is 0 Å². The molecular weight excluding hydrogens is 412 g/mol. The largest absolute Gasteiger partial charge is 0.342 e. The molecule has 1 amide bonds. The molecule has 2 aromatic heterocycles. The zero-order valence-electron chi connectivity index (χ0n) is 20.5. The SMILES string of the molecule is Cc1cc(Nc2ncccn2)cc(C2CCN(C(=O)CC3=CC(C)(C)NC(C)(C)C3)CC2)n1. The van der Waals surface area contributed by atoms with Gasteiger partial charge in [-0.05, 0) is 72.1 Å². The van der Waals surface area contributed by atoms with Gasteiger partial charge < -0.3 is 15.5 Å². The highest BCUT2D eigenvalue weighted by Gasteiger charge is 2.33. The molecule has 0 saturated carbocycles. The van der Waals surface area contributed by atoms with E-state index in [9.17, 15) is 4.79 Å². The Labute approximate surface area is 197 Å². The van der Waals surface area contributed by atoms with Gasteiger partial charge in [-0.3, -0.25) is 9.78 Å². The van der Waals surface area contributed by atoms with Crippen LogP contribution in [0.4, 0.5) is 11.6 Å². The fraction of sp³-hybridized carbons (Fsp3) is 0.538. The molecule has 2 aromatic rings. The summed E-state index contributed by atoms with van der Waals surface area (Å²) >= 11 is 0. The first-order chi connectivity index (χ1) is 15.6. The fourth-order valence-electron chi connectivity index (χ4n) is 5.39. The minimum Gasteiger partial charge on any atom is -0.342 e. The standard InChI is InChI=1S/C26H36N6O/c1-18-13-21(30-24-27-9-6-10-28-24)15-22(29-18)20-7-11-32(12-8-20)23(33)14-19-16-25(2,3)31-26(4,5)17-19/h6,9-10,13,15-16,20,31H,7-8,11-12,14,17H2,1-5H3,(H,27,28,29,30). The minimum atomic E-state index is -0.0856. The van der Waals surface area contributed by atoms with Crippen LogP contribution in [-0.2, 0) is 4.79 Å². The summed E-state index contributed by atoms with van der Waals surface area (Å²) in [5, 5.41) is 6.91. The van der Waals surface area contributed by atoms with Gasteiger partial charge >= 0.3 is 0 Å². The number of anilines is 2. The van der Waals surface area contributed by atoms with Crippen LogP contribution < -0.4 is 10.6 Å². The quantitative estimate of drug-likeness (QED) is 0.656. The van der Waals surface area contributed by atoms with Crippen molar-refractivity contribution < 1.29 is 4.79 Å². The monoisotopic (exact) mass is 448 g/mol. The van der Waals surface area contributed by atoms with Gasteiger partial charge in [0.25, 0.3) is 0 Å². The number of nitrogens with zero attached hydrogens (tertiary/aromatic N) is 4. The zero-order valence-corrected chi connectivity index (χ0v) is 20.5. The van der Waals surface area contributed by atoms with Crippen molar-refractivity contribution in [3.63, 3.8) is 0 Å². The molecule has 7 heteroatoms. The average molecular weight is 449 g/mol. The molecule has 0 aromatic carbocycles. The number of rotatable bonds is 5. The Kier molecular flexibility index (Phi) is 6.52. The maximum atomic E-state index is 13.1. The van der Waals surface area contributed by atoms with Crippen molar-refractivity contribution >= 4 is 17.5 Å². The van der Waals surface area contributed by atoms with Crippen LogP contribution in [0.2, 0.25) is 0 Å². The summed E-state index contributed by atoms with van der Waals surface area (Å²) in [6.07, 6.45) is 8.98. The van der Waals surface area contributed by atoms with Crippen molar-refractivity contribution in [1.29, 1.82) is 0 Å². The van der Waals surface area contributed by atoms with Crippen LogP contribution in [0.15, 0.2) is 42.2 Å². The van der Waals surface area contributed by atoms with Crippen LogP contribution in [0.1, 0.15) is 70.7 Å². The van der Waals surface area contributed by atoms with Crippen LogP contribution in [0.5, 0.6) is 0 Å². The Balaban J connectivity index is 1.37. The molecule has 4 heterocycles. The molecule has 0 unspecified atom stereocenters. The number of likely N-dealkylation sites (tertiary alicyclic amines) is 1. The van der Waals surface area contributed by atoms with Gasteiger partial charge in [-0.15, -0.1) is 0 Å². The van der Waals surface area contributed by atoms with Crippen LogP contribution in [-0.4, -0.2) is 49.9 Å².